The number of rotatable bonds is 15. The van der Waals surface area contributed by atoms with Gasteiger partial charge in [0.15, 0.2) is 0 Å². The molecule has 2 bridgehead atoms. The second-order valence-corrected chi connectivity index (χ2v) is 11.1. The first-order valence-electron chi connectivity index (χ1n) is 15.0. The molecule has 2 amide bonds. The molecular weight excluding hydrogens is 522 g/mol. The largest absolute Gasteiger partial charge is 0.465 e. The van der Waals surface area contributed by atoms with Gasteiger partial charge in [0.05, 0.1) is 37.2 Å². The fourth-order valence-electron chi connectivity index (χ4n) is 6.97. The summed E-state index contributed by atoms with van der Waals surface area (Å²) < 4.78 is 12.1. The smallest absolute Gasteiger partial charge is 0.312 e. The van der Waals surface area contributed by atoms with Gasteiger partial charge >= 0.3 is 5.97 Å². The van der Waals surface area contributed by atoms with Crippen molar-refractivity contribution in [3.05, 3.63) is 49.6 Å². The van der Waals surface area contributed by atoms with E-state index < -0.39 is 41.6 Å². The van der Waals surface area contributed by atoms with Crippen LogP contribution in [0.2, 0.25) is 0 Å². The summed E-state index contributed by atoms with van der Waals surface area (Å²) in [5.74, 6) is -2.70. The van der Waals surface area contributed by atoms with E-state index in [2.05, 4.69) is 31.9 Å². The summed E-state index contributed by atoms with van der Waals surface area (Å²) in [5.41, 5.74) is 0.577. The van der Waals surface area contributed by atoms with Crippen LogP contribution in [0.5, 0.6) is 0 Å². The summed E-state index contributed by atoms with van der Waals surface area (Å²) in [4.78, 5) is 47.4. The van der Waals surface area contributed by atoms with Crippen molar-refractivity contribution in [3.8, 4) is 0 Å². The summed E-state index contributed by atoms with van der Waals surface area (Å²) in [6, 6.07) is 6.23. The predicted molar refractivity (Wildman–Crippen MR) is 159 cm³/mol. The van der Waals surface area contributed by atoms with E-state index in [9.17, 15) is 19.5 Å². The molecule has 41 heavy (non-hydrogen) atoms. The van der Waals surface area contributed by atoms with E-state index in [4.69, 9.17) is 9.47 Å². The van der Waals surface area contributed by atoms with Gasteiger partial charge in [0.1, 0.15) is 11.6 Å². The number of nitrogens with zero attached hydrogens (tertiary/aromatic N) is 3. The zero-order valence-corrected chi connectivity index (χ0v) is 24.7. The van der Waals surface area contributed by atoms with Crippen LogP contribution in [0.25, 0.3) is 0 Å². The first-order valence-corrected chi connectivity index (χ1v) is 15.0. The molecule has 9 nitrogen and oxygen atoms in total. The average Bonchev–Trinajstić information content (AvgIpc) is 3.63. The topological polar surface area (TPSA) is 99.6 Å². The highest BCUT2D eigenvalue weighted by atomic mass is 16.6. The number of unbranched alkanes of at least 4 members (excludes halogenated alkanes) is 1. The summed E-state index contributed by atoms with van der Waals surface area (Å²) in [6.45, 7) is 15.5. The van der Waals surface area contributed by atoms with Gasteiger partial charge in [-0.05, 0) is 70.2 Å². The van der Waals surface area contributed by atoms with Crippen molar-refractivity contribution >= 4 is 29.2 Å². The highest BCUT2D eigenvalue weighted by Crippen LogP contribution is 2.59. The molecule has 3 fully saturated rings. The lowest BCUT2D eigenvalue weighted by atomic mass is 9.70. The molecule has 3 heterocycles. The van der Waals surface area contributed by atoms with Crippen molar-refractivity contribution in [2.45, 2.75) is 76.7 Å². The third kappa shape index (κ3) is 5.42. The first-order chi connectivity index (χ1) is 19.8. The number of allylic oxidation sites excluding steroid dienone is 1. The van der Waals surface area contributed by atoms with Crippen molar-refractivity contribution in [2.75, 3.05) is 42.6 Å². The third-order valence-corrected chi connectivity index (χ3v) is 8.98. The number of hydrogen-bond donors (Lipinski definition) is 1. The third-order valence-electron chi connectivity index (χ3n) is 8.98. The number of aliphatic hydroxyl groups excluding tert-OH is 1. The molecule has 9 heteroatoms. The Kier molecular flexibility index (Phi) is 9.92. The molecule has 224 valence electrons. The van der Waals surface area contributed by atoms with Gasteiger partial charge in [0, 0.05) is 31.0 Å². The number of carbonyl (C=O) groups excluding carboxylic acids is 3. The number of esters is 1. The Bertz CT molecular complexity index is 1110. The maximum absolute atomic E-state index is 14.6. The average molecular weight is 568 g/mol. The summed E-state index contributed by atoms with van der Waals surface area (Å²) >= 11 is 0. The lowest BCUT2D eigenvalue weighted by Crippen LogP contribution is -2.59. The Balaban J connectivity index is 1.71. The summed E-state index contributed by atoms with van der Waals surface area (Å²) in [7, 11) is 0. The van der Waals surface area contributed by atoms with Crippen LogP contribution in [0.15, 0.2) is 49.6 Å². The molecule has 0 aliphatic carbocycles. The van der Waals surface area contributed by atoms with Crippen LogP contribution in [0, 0.1) is 11.8 Å². The number of ether oxygens (including phenoxy) is 2. The van der Waals surface area contributed by atoms with Crippen LogP contribution in [-0.2, 0) is 23.9 Å². The number of amides is 2. The monoisotopic (exact) mass is 567 g/mol. The van der Waals surface area contributed by atoms with E-state index in [1.807, 2.05) is 31.2 Å². The molecule has 1 N–H and O–H groups in total. The number of likely N-dealkylation sites (tertiary alicyclic amines) is 1. The van der Waals surface area contributed by atoms with E-state index in [-0.39, 0.29) is 31.6 Å². The standard InChI is InChI=1S/C32H45N3O6/c1-6-11-12-20-40-31(39)26-25-17-18-32(41-25)27(26)29(37)35(22(8-3)21-36)28(32)30(38)34(19-7-2)24-15-13-23(14-16-24)33(9-4)10-5/h6-7,13-16,22,25-28,36H,1-2,8-12,17-21H2,3-5H3/t22-,25+,26-,27-,28?,32?/m0/s1. The van der Waals surface area contributed by atoms with E-state index in [0.717, 1.165) is 25.2 Å². The van der Waals surface area contributed by atoms with Gasteiger partial charge in [0.25, 0.3) is 5.91 Å². The Morgan fingerprint density at radius 1 is 1.17 bits per heavy atom. The zero-order valence-electron chi connectivity index (χ0n) is 24.7. The number of benzene rings is 1. The maximum Gasteiger partial charge on any atom is 0.312 e. The van der Waals surface area contributed by atoms with Gasteiger partial charge in [-0.25, -0.2) is 0 Å². The number of aliphatic hydroxyl groups is 1. The molecule has 0 saturated carbocycles. The lowest BCUT2D eigenvalue weighted by Gasteiger charge is -2.39. The van der Waals surface area contributed by atoms with Crippen LogP contribution in [0.1, 0.15) is 52.9 Å². The van der Waals surface area contributed by atoms with Crippen LogP contribution in [0.4, 0.5) is 11.4 Å². The molecule has 3 saturated heterocycles. The minimum atomic E-state index is -1.16. The van der Waals surface area contributed by atoms with E-state index in [1.54, 1.807) is 17.1 Å². The molecule has 0 radical (unpaired) electrons. The quantitative estimate of drug-likeness (QED) is 0.196. The number of carbonyl (C=O) groups is 3. The van der Waals surface area contributed by atoms with Crippen LogP contribution >= 0.6 is 0 Å². The summed E-state index contributed by atoms with van der Waals surface area (Å²) in [5, 5.41) is 10.3. The Morgan fingerprint density at radius 2 is 1.85 bits per heavy atom. The van der Waals surface area contributed by atoms with Gasteiger partial charge in [-0.1, -0.05) is 19.1 Å². The molecule has 1 spiro atoms. The first kappa shape index (κ1) is 30.8. The van der Waals surface area contributed by atoms with Gasteiger partial charge in [0.2, 0.25) is 5.91 Å². The van der Waals surface area contributed by atoms with Crippen molar-refractivity contribution < 1.29 is 29.0 Å². The van der Waals surface area contributed by atoms with Crippen LogP contribution < -0.4 is 9.80 Å². The van der Waals surface area contributed by atoms with Crippen LogP contribution in [0.3, 0.4) is 0 Å². The van der Waals surface area contributed by atoms with Gasteiger partial charge in [-0.3, -0.25) is 14.4 Å². The molecular formula is C32H45N3O6. The lowest BCUT2D eigenvalue weighted by molar-refractivity contribution is -0.155. The maximum atomic E-state index is 14.6. The highest BCUT2D eigenvalue weighted by molar-refractivity contribution is 6.05. The molecule has 1 aromatic carbocycles. The SMILES string of the molecule is C=CCCCOC(=O)[C@@H]1[C@H]2C(=O)N([C@@H](CC)CO)C(C(=O)N(CC=C)c3ccc(N(CC)CC)cc3)C23CC[C@H]1O3. The zero-order chi connectivity index (χ0) is 29.7. The fourth-order valence-corrected chi connectivity index (χ4v) is 6.97. The van der Waals surface area contributed by atoms with Crippen molar-refractivity contribution in [2.24, 2.45) is 11.8 Å². The predicted octanol–water partition coefficient (Wildman–Crippen LogP) is 3.71. The Labute approximate surface area is 243 Å². The second kappa shape index (κ2) is 13.2. The molecule has 6 atom stereocenters. The normalized spacial score (nSPS) is 26.9. The molecule has 0 aromatic heterocycles. The Morgan fingerprint density at radius 3 is 2.44 bits per heavy atom. The van der Waals surface area contributed by atoms with Crippen LogP contribution in [-0.4, -0.2) is 84.4 Å². The minimum Gasteiger partial charge on any atom is -0.465 e. The van der Waals surface area contributed by atoms with Crippen molar-refractivity contribution in [3.63, 3.8) is 0 Å². The van der Waals surface area contributed by atoms with Crippen molar-refractivity contribution in [1.29, 1.82) is 0 Å². The van der Waals surface area contributed by atoms with E-state index >= 15 is 0 Å². The van der Waals surface area contributed by atoms with Gasteiger partial charge < -0.3 is 29.3 Å². The van der Waals surface area contributed by atoms with E-state index in [1.165, 1.54) is 4.90 Å². The molecule has 3 aliphatic heterocycles. The van der Waals surface area contributed by atoms with E-state index in [0.29, 0.717) is 31.4 Å². The molecule has 2 unspecified atom stereocenters. The molecule has 3 aliphatic rings. The van der Waals surface area contributed by atoms with Gasteiger partial charge in [-0.2, -0.15) is 0 Å². The fraction of sp³-hybridized carbons (Fsp3) is 0.594. The summed E-state index contributed by atoms with van der Waals surface area (Å²) in [6.07, 6.45) is 5.80. The number of anilines is 2. The number of hydrogen-bond acceptors (Lipinski definition) is 7. The minimum absolute atomic E-state index is 0.233. The molecule has 1 aromatic rings. The Hall–Kier alpha value is -3.17. The number of fused-ring (bicyclic) bond motifs is 1. The highest BCUT2D eigenvalue weighted by Gasteiger charge is 2.75. The van der Waals surface area contributed by atoms with Gasteiger partial charge in [-0.15, -0.1) is 13.2 Å². The van der Waals surface area contributed by atoms with Crippen molar-refractivity contribution in [1.82, 2.24) is 4.90 Å². The molecule has 4 rings (SSSR count). The second-order valence-electron chi connectivity index (χ2n) is 11.1.